The summed E-state index contributed by atoms with van der Waals surface area (Å²) in [7, 11) is 1.67. The first-order valence-electron chi connectivity index (χ1n) is 10.7. The molecule has 7 nitrogen and oxygen atoms in total. The van der Waals surface area contributed by atoms with Gasteiger partial charge in [0.15, 0.2) is 0 Å². The molecule has 160 valence electrons. The molecule has 0 aromatic heterocycles. The Bertz CT molecular complexity index is 542. The van der Waals surface area contributed by atoms with Crippen molar-refractivity contribution in [3.05, 3.63) is 0 Å². The third-order valence-corrected chi connectivity index (χ3v) is 5.53. The van der Waals surface area contributed by atoms with Crippen LogP contribution < -0.4 is 5.32 Å². The predicted molar refractivity (Wildman–Crippen MR) is 110 cm³/mol. The van der Waals surface area contributed by atoms with Crippen molar-refractivity contribution in [2.24, 2.45) is 5.92 Å². The maximum absolute atomic E-state index is 12.8. The minimum atomic E-state index is -0.303. The molecule has 0 saturated carbocycles. The molecule has 28 heavy (non-hydrogen) atoms. The van der Waals surface area contributed by atoms with Crippen LogP contribution in [0.1, 0.15) is 59.3 Å². The molecular formula is C21H38N4O3. The highest BCUT2D eigenvalue weighted by Gasteiger charge is 2.30. The van der Waals surface area contributed by atoms with Gasteiger partial charge in [-0.2, -0.15) is 0 Å². The van der Waals surface area contributed by atoms with E-state index in [0.717, 1.165) is 51.9 Å². The Labute approximate surface area is 169 Å². The lowest BCUT2D eigenvalue weighted by Crippen LogP contribution is -2.49. The quantitative estimate of drug-likeness (QED) is 0.767. The fourth-order valence-corrected chi connectivity index (χ4v) is 3.96. The van der Waals surface area contributed by atoms with Crippen LogP contribution in [0.5, 0.6) is 0 Å². The summed E-state index contributed by atoms with van der Waals surface area (Å²) < 4.78 is 0. The lowest BCUT2D eigenvalue weighted by molar-refractivity contribution is -0.138. The lowest BCUT2D eigenvalue weighted by Gasteiger charge is -2.34. The van der Waals surface area contributed by atoms with Crippen molar-refractivity contribution < 1.29 is 14.4 Å². The Morgan fingerprint density at radius 1 is 0.964 bits per heavy atom. The topological polar surface area (TPSA) is 73.0 Å². The summed E-state index contributed by atoms with van der Waals surface area (Å²) in [5, 5.41) is 2.87. The molecule has 3 amide bonds. The first-order valence-corrected chi connectivity index (χ1v) is 10.7. The van der Waals surface area contributed by atoms with Crippen molar-refractivity contribution in [1.29, 1.82) is 0 Å². The Balaban J connectivity index is 1.73. The second-order valence-electron chi connectivity index (χ2n) is 9.34. The standard InChI is InChI=1S/C21H38N4O3/c1-21(2,3)22-18(26)15-23(4)19(27)16-24-13-9-17(10-14-24)20(28)25-11-7-5-6-8-12-25/h17H,5-16H2,1-4H3,(H,22,26). The SMILES string of the molecule is CN(CC(=O)NC(C)(C)C)C(=O)CN1CCC(C(=O)N2CCCCCC2)CC1. The fourth-order valence-electron chi connectivity index (χ4n) is 3.96. The van der Waals surface area contributed by atoms with Crippen LogP contribution in [0.15, 0.2) is 0 Å². The number of carbonyl (C=O) groups is 3. The summed E-state index contributed by atoms with van der Waals surface area (Å²) in [5.41, 5.74) is -0.303. The molecule has 2 fully saturated rings. The van der Waals surface area contributed by atoms with Crippen molar-refractivity contribution in [2.45, 2.75) is 64.8 Å². The number of likely N-dealkylation sites (tertiary alicyclic amines) is 2. The molecule has 0 radical (unpaired) electrons. The van der Waals surface area contributed by atoms with E-state index in [4.69, 9.17) is 0 Å². The van der Waals surface area contributed by atoms with E-state index >= 15 is 0 Å². The smallest absolute Gasteiger partial charge is 0.240 e. The highest BCUT2D eigenvalue weighted by Crippen LogP contribution is 2.21. The average Bonchev–Trinajstić information content (AvgIpc) is 2.89. The minimum absolute atomic E-state index is 0.0543. The summed E-state index contributed by atoms with van der Waals surface area (Å²) in [5.74, 6) is 0.204. The van der Waals surface area contributed by atoms with Crippen molar-refractivity contribution in [1.82, 2.24) is 20.0 Å². The second-order valence-corrected chi connectivity index (χ2v) is 9.34. The van der Waals surface area contributed by atoms with Crippen LogP contribution >= 0.6 is 0 Å². The molecule has 0 aromatic rings. The molecule has 0 unspecified atom stereocenters. The second kappa shape index (κ2) is 10.2. The van der Waals surface area contributed by atoms with Crippen LogP contribution in [0, 0.1) is 5.92 Å². The molecule has 0 bridgehead atoms. The number of amides is 3. The van der Waals surface area contributed by atoms with Crippen molar-refractivity contribution in [3.8, 4) is 0 Å². The number of piperidine rings is 1. The van der Waals surface area contributed by atoms with E-state index < -0.39 is 0 Å². The van der Waals surface area contributed by atoms with E-state index in [2.05, 4.69) is 15.1 Å². The van der Waals surface area contributed by atoms with Gasteiger partial charge < -0.3 is 15.1 Å². The van der Waals surface area contributed by atoms with Crippen LogP contribution in [0.25, 0.3) is 0 Å². The monoisotopic (exact) mass is 394 g/mol. The third kappa shape index (κ3) is 7.41. The highest BCUT2D eigenvalue weighted by molar-refractivity contribution is 5.85. The van der Waals surface area contributed by atoms with Gasteiger partial charge in [0.25, 0.3) is 0 Å². The van der Waals surface area contributed by atoms with Crippen LogP contribution in [0.3, 0.4) is 0 Å². The molecule has 2 rings (SSSR count). The summed E-state index contributed by atoms with van der Waals surface area (Å²) in [6.07, 6.45) is 6.33. The Hall–Kier alpha value is -1.63. The molecule has 7 heteroatoms. The number of nitrogens with zero attached hydrogens (tertiary/aromatic N) is 3. The Morgan fingerprint density at radius 3 is 2.07 bits per heavy atom. The lowest BCUT2D eigenvalue weighted by atomic mass is 9.95. The van der Waals surface area contributed by atoms with Gasteiger partial charge in [0.05, 0.1) is 13.1 Å². The van der Waals surface area contributed by atoms with Gasteiger partial charge in [-0.1, -0.05) is 12.8 Å². The summed E-state index contributed by atoms with van der Waals surface area (Å²) in [4.78, 5) is 42.8. The zero-order valence-electron chi connectivity index (χ0n) is 18.1. The minimum Gasteiger partial charge on any atom is -0.350 e. The van der Waals surface area contributed by atoms with Gasteiger partial charge in [-0.3, -0.25) is 19.3 Å². The zero-order chi connectivity index (χ0) is 20.7. The fraction of sp³-hybridized carbons (Fsp3) is 0.857. The van der Waals surface area contributed by atoms with Crippen LogP contribution in [-0.2, 0) is 14.4 Å². The van der Waals surface area contributed by atoms with Gasteiger partial charge in [0, 0.05) is 31.6 Å². The summed E-state index contributed by atoms with van der Waals surface area (Å²) in [6, 6.07) is 0. The maximum Gasteiger partial charge on any atom is 0.240 e. The van der Waals surface area contributed by atoms with Crippen LogP contribution in [-0.4, -0.2) is 84.3 Å². The molecule has 0 aromatic carbocycles. The largest absolute Gasteiger partial charge is 0.350 e. The zero-order valence-corrected chi connectivity index (χ0v) is 18.1. The van der Waals surface area contributed by atoms with E-state index in [1.165, 1.54) is 17.7 Å². The molecule has 2 heterocycles. The summed E-state index contributed by atoms with van der Waals surface area (Å²) in [6.45, 7) is 9.47. The van der Waals surface area contributed by atoms with Crippen molar-refractivity contribution in [2.75, 3.05) is 46.3 Å². The number of hydrogen-bond donors (Lipinski definition) is 1. The highest BCUT2D eigenvalue weighted by atomic mass is 16.2. The van der Waals surface area contributed by atoms with Crippen molar-refractivity contribution >= 4 is 17.7 Å². The molecule has 1 N–H and O–H groups in total. The van der Waals surface area contributed by atoms with E-state index in [9.17, 15) is 14.4 Å². The summed E-state index contributed by atoms with van der Waals surface area (Å²) >= 11 is 0. The van der Waals surface area contributed by atoms with Gasteiger partial charge in [-0.25, -0.2) is 0 Å². The van der Waals surface area contributed by atoms with Crippen LogP contribution in [0.4, 0.5) is 0 Å². The van der Waals surface area contributed by atoms with Gasteiger partial charge in [-0.05, 0) is 59.5 Å². The number of rotatable bonds is 5. The van der Waals surface area contributed by atoms with E-state index in [1.807, 2.05) is 20.8 Å². The van der Waals surface area contributed by atoms with Gasteiger partial charge in [-0.15, -0.1) is 0 Å². The first kappa shape index (κ1) is 22.7. The maximum atomic E-state index is 12.8. The predicted octanol–water partition coefficient (Wildman–Crippen LogP) is 1.47. The molecule has 0 atom stereocenters. The average molecular weight is 395 g/mol. The first-order chi connectivity index (χ1) is 13.2. The number of hydrogen-bond acceptors (Lipinski definition) is 4. The van der Waals surface area contributed by atoms with E-state index in [-0.39, 0.29) is 29.8 Å². The molecule has 2 aliphatic rings. The molecule has 0 aliphatic carbocycles. The molecule has 0 spiro atoms. The van der Waals surface area contributed by atoms with Gasteiger partial charge in [0.1, 0.15) is 0 Å². The van der Waals surface area contributed by atoms with Gasteiger partial charge in [0.2, 0.25) is 17.7 Å². The normalized spacial score (nSPS) is 19.8. The van der Waals surface area contributed by atoms with Crippen molar-refractivity contribution in [3.63, 3.8) is 0 Å². The van der Waals surface area contributed by atoms with Gasteiger partial charge >= 0.3 is 0 Å². The molecule has 2 saturated heterocycles. The molecular weight excluding hydrogens is 356 g/mol. The van der Waals surface area contributed by atoms with E-state index in [1.54, 1.807) is 7.05 Å². The number of likely N-dealkylation sites (N-methyl/N-ethyl adjacent to an activating group) is 1. The number of carbonyl (C=O) groups excluding carboxylic acids is 3. The Kier molecular flexibility index (Phi) is 8.28. The Morgan fingerprint density at radius 2 is 1.54 bits per heavy atom. The third-order valence-electron chi connectivity index (χ3n) is 5.53. The van der Waals surface area contributed by atoms with E-state index in [0.29, 0.717) is 12.5 Å². The van der Waals surface area contributed by atoms with Crippen LogP contribution in [0.2, 0.25) is 0 Å². The molecule has 2 aliphatic heterocycles. The number of nitrogens with one attached hydrogen (secondary N) is 1.